The minimum absolute atomic E-state index is 0.510. The van der Waals surface area contributed by atoms with E-state index in [1.807, 2.05) is 26.1 Å². The van der Waals surface area contributed by atoms with Crippen molar-refractivity contribution in [1.82, 2.24) is 14.6 Å². The molecule has 6 heteroatoms. The molecule has 1 N–H and O–H groups in total. The molecule has 0 aromatic carbocycles. The molecule has 0 saturated carbocycles. The van der Waals surface area contributed by atoms with Crippen LogP contribution in [-0.4, -0.2) is 38.8 Å². The Balaban J connectivity index is 2.00. The lowest BCUT2D eigenvalue weighted by Crippen LogP contribution is -2.48. The fourth-order valence-corrected chi connectivity index (χ4v) is 3.20. The van der Waals surface area contributed by atoms with Gasteiger partial charge in [0.15, 0.2) is 5.82 Å². The number of aromatic nitrogens is 3. The quantitative estimate of drug-likeness (QED) is 0.936. The number of carbonyl (C=O) groups is 1. The number of hydrogen-bond acceptors (Lipinski definition) is 4. The minimum Gasteiger partial charge on any atom is -0.481 e. The molecule has 21 heavy (non-hydrogen) atoms. The Hall–Kier alpha value is -2.11. The molecule has 2 aromatic heterocycles. The first kappa shape index (κ1) is 13.9. The monoisotopic (exact) mass is 288 g/mol. The second-order valence-electron chi connectivity index (χ2n) is 5.83. The number of nitrogens with zero attached hydrogens (tertiary/aromatic N) is 4. The van der Waals surface area contributed by atoms with Crippen molar-refractivity contribution >= 4 is 17.3 Å². The van der Waals surface area contributed by atoms with Crippen LogP contribution in [0.15, 0.2) is 18.5 Å². The number of carboxylic acid groups (broad SMARTS) is 1. The third kappa shape index (κ3) is 2.24. The van der Waals surface area contributed by atoms with Gasteiger partial charge in [-0.1, -0.05) is 6.92 Å². The molecule has 0 radical (unpaired) electrons. The van der Waals surface area contributed by atoms with E-state index < -0.39 is 11.4 Å². The summed E-state index contributed by atoms with van der Waals surface area (Å²) in [6.45, 7) is 5.25. The number of anilines is 1. The molecule has 1 aliphatic heterocycles. The Morgan fingerprint density at radius 2 is 2.33 bits per heavy atom. The Kier molecular flexibility index (Phi) is 3.31. The molecule has 1 saturated heterocycles. The molecule has 2 aromatic rings. The van der Waals surface area contributed by atoms with E-state index >= 15 is 0 Å². The highest BCUT2D eigenvalue weighted by Crippen LogP contribution is 2.36. The molecule has 6 nitrogen and oxygen atoms in total. The number of rotatable bonds is 3. The van der Waals surface area contributed by atoms with Crippen LogP contribution in [0, 0.1) is 12.3 Å². The smallest absolute Gasteiger partial charge is 0.311 e. The minimum atomic E-state index is -0.702. The standard InChI is InChI=1S/C15H20N4O2/c1-3-15(14(20)21)5-4-7-18(10-15)13-12-9-11(2)17-19(12)8-6-16-13/h6,8-9H,3-5,7,10H2,1-2H3,(H,20,21). The Morgan fingerprint density at radius 1 is 1.52 bits per heavy atom. The average Bonchev–Trinajstić information content (AvgIpc) is 2.87. The molecular weight excluding hydrogens is 268 g/mol. The molecule has 0 bridgehead atoms. The van der Waals surface area contributed by atoms with Crippen LogP contribution in [0.5, 0.6) is 0 Å². The normalized spacial score (nSPS) is 22.7. The summed E-state index contributed by atoms with van der Waals surface area (Å²) in [5.41, 5.74) is 1.20. The van der Waals surface area contributed by atoms with Gasteiger partial charge in [-0.25, -0.2) is 9.50 Å². The number of hydrogen-bond donors (Lipinski definition) is 1. The lowest BCUT2D eigenvalue weighted by atomic mass is 9.77. The number of carboxylic acids is 1. The maximum absolute atomic E-state index is 11.7. The summed E-state index contributed by atoms with van der Waals surface area (Å²) in [4.78, 5) is 18.3. The van der Waals surface area contributed by atoms with Gasteiger partial charge in [-0.2, -0.15) is 5.10 Å². The third-order valence-corrected chi connectivity index (χ3v) is 4.50. The SMILES string of the molecule is CCC1(C(=O)O)CCCN(c2nccn3nc(C)cc23)C1. The van der Waals surface area contributed by atoms with Gasteiger partial charge in [0.25, 0.3) is 0 Å². The number of aryl methyl sites for hydroxylation is 1. The van der Waals surface area contributed by atoms with Gasteiger partial charge in [-0.05, 0) is 32.3 Å². The topological polar surface area (TPSA) is 70.7 Å². The molecule has 112 valence electrons. The summed E-state index contributed by atoms with van der Waals surface area (Å²) in [6, 6.07) is 1.99. The number of piperidine rings is 1. The summed E-state index contributed by atoms with van der Waals surface area (Å²) in [7, 11) is 0. The van der Waals surface area contributed by atoms with Crippen molar-refractivity contribution < 1.29 is 9.90 Å². The maximum Gasteiger partial charge on any atom is 0.311 e. The largest absolute Gasteiger partial charge is 0.481 e. The summed E-state index contributed by atoms with van der Waals surface area (Å²) in [6.07, 6.45) is 5.78. The van der Waals surface area contributed by atoms with E-state index in [0.29, 0.717) is 13.0 Å². The van der Waals surface area contributed by atoms with Crippen LogP contribution in [0.2, 0.25) is 0 Å². The highest BCUT2D eigenvalue weighted by atomic mass is 16.4. The van der Waals surface area contributed by atoms with Gasteiger partial charge in [0.1, 0.15) is 5.52 Å². The van der Waals surface area contributed by atoms with Crippen molar-refractivity contribution in [1.29, 1.82) is 0 Å². The van der Waals surface area contributed by atoms with Crippen LogP contribution in [-0.2, 0) is 4.79 Å². The van der Waals surface area contributed by atoms with Crippen LogP contribution in [0.1, 0.15) is 31.9 Å². The first-order valence-electron chi connectivity index (χ1n) is 7.35. The van der Waals surface area contributed by atoms with Crippen molar-refractivity contribution in [2.45, 2.75) is 33.1 Å². The maximum atomic E-state index is 11.7. The van der Waals surface area contributed by atoms with Gasteiger partial charge in [0.05, 0.1) is 11.1 Å². The lowest BCUT2D eigenvalue weighted by molar-refractivity contribution is -0.149. The van der Waals surface area contributed by atoms with E-state index in [1.165, 1.54) is 0 Å². The van der Waals surface area contributed by atoms with E-state index in [2.05, 4.69) is 15.0 Å². The summed E-state index contributed by atoms with van der Waals surface area (Å²) < 4.78 is 1.81. The molecule has 0 spiro atoms. The molecule has 0 amide bonds. The fourth-order valence-electron chi connectivity index (χ4n) is 3.20. The second kappa shape index (κ2) is 5.02. The summed E-state index contributed by atoms with van der Waals surface area (Å²) >= 11 is 0. The molecule has 0 aliphatic carbocycles. The zero-order chi connectivity index (χ0) is 15.0. The van der Waals surface area contributed by atoms with Crippen LogP contribution in [0.25, 0.3) is 5.52 Å². The van der Waals surface area contributed by atoms with E-state index in [9.17, 15) is 9.90 Å². The lowest BCUT2D eigenvalue weighted by Gasteiger charge is -2.40. The highest BCUT2D eigenvalue weighted by Gasteiger charge is 2.41. The Morgan fingerprint density at radius 3 is 3.05 bits per heavy atom. The van der Waals surface area contributed by atoms with Crippen LogP contribution >= 0.6 is 0 Å². The van der Waals surface area contributed by atoms with Gasteiger partial charge < -0.3 is 10.0 Å². The van der Waals surface area contributed by atoms with E-state index in [0.717, 1.165) is 36.4 Å². The first-order valence-corrected chi connectivity index (χ1v) is 7.35. The van der Waals surface area contributed by atoms with Crippen LogP contribution < -0.4 is 4.90 Å². The van der Waals surface area contributed by atoms with Crippen molar-refractivity contribution in [3.8, 4) is 0 Å². The molecule has 1 atom stereocenters. The zero-order valence-electron chi connectivity index (χ0n) is 12.4. The van der Waals surface area contributed by atoms with Gasteiger partial charge in [-0.3, -0.25) is 4.79 Å². The first-order chi connectivity index (χ1) is 10.1. The zero-order valence-corrected chi connectivity index (χ0v) is 12.4. The van der Waals surface area contributed by atoms with Gasteiger partial charge in [-0.15, -0.1) is 0 Å². The highest BCUT2D eigenvalue weighted by molar-refractivity contribution is 5.77. The number of aliphatic carboxylic acids is 1. The van der Waals surface area contributed by atoms with Crippen molar-refractivity contribution in [3.63, 3.8) is 0 Å². The molecule has 3 heterocycles. The summed E-state index contributed by atoms with van der Waals surface area (Å²) in [5.74, 6) is 0.128. The Labute approximate surface area is 123 Å². The summed E-state index contributed by atoms with van der Waals surface area (Å²) in [5, 5.41) is 14.0. The molecular formula is C15H20N4O2. The predicted octanol–water partition coefficient (Wildman–Crippen LogP) is 2.12. The van der Waals surface area contributed by atoms with E-state index in [1.54, 1.807) is 10.7 Å². The predicted molar refractivity (Wildman–Crippen MR) is 79.5 cm³/mol. The van der Waals surface area contributed by atoms with Gasteiger partial charge >= 0.3 is 5.97 Å². The molecule has 1 aliphatic rings. The van der Waals surface area contributed by atoms with Gasteiger partial charge in [0, 0.05) is 25.5 Å². The molecule has 1 fully saturated rings. The van der Waals surface area contributed by atoms with Crippen molar-refractivity contribution in [3.05, 3.63) is 24.2 Å². The number of fused-ring (bicyclic) bond motifs is 1. The van der Waals surface area contributed by atoms with Crippen LogP contribution in [0.4, 0.5) is 5.82 Å². The fraction of sp³-hybridized carbons (Fsp3) is 0.533. The Bertz CT molecular complexity index is 681. The molecule has 1 unspecified atom stereocenters. The van der Waals surface area contributed by atoms with Crippen molar-refractivity contribution in [2.75, 3.05) is 18.0 Å². The van der Waals surface area contributed by atoms with Crippen LogP contribution in [0.3, 0.4) is 0 Å². The van der Waals surface area contributed by atoms with Crippen molar-refractivity contribution in [2.24, 2.45) is 5.41 Å². The molecule has 3 rings (SSSR count). The third-order valence-electron chi connectivity index (χ3n) is 4.50. The van der Waals surface area contributed by atoms with E-state index in [-0.39, 0.29) is 0 Å². The van der Waals surface area contributed by atoms with Gasteiger partial charge in [0.2, 0.25) is 0 Å². The second-order valence-corrected chi connectivity index (χ2v) is 5.83. The average molecular weight is 288 g/mol. The van der Waals surface area contributed by atoms with E-state index in [4.69, 9.17) is 0 Å².